The number of benzene rings is 1. The van der Waals surface area contributed by atoms with Gasteiger partial charge in [-0.3, -0.25) is 9.59 Å². The van der Waals surface area contributed by atoms with Crippen LogP contribution in [0.3, 0.4) is 0 Å². The number of carbonyl (C=O) groups excluding carboxylic acids is 2. The predicted octanol–water partition coefficient (Wildman–Crippen LogP) is 0.533. The van der Waals surface area contributed by atoms with Gasteiger partial charge < -0.3 is 10.6 Å². The molecule has 0 fully saturated rings. The summed E-state index contributed by atoms with van der Waals surface area (Å²) in [5.41, 5.74) is 0.0476. The van der Waals surface area contributed by atoms with Gasteiger partial charge in [-0.15, -0.1) is 0 Å². The van der Waals surface area contributed by atoms with E-state index in [1.54, 1.807) is 0 Å². The fourth-order valence-electron chi connectivity index (χ4n) is 1.32. The first-order valence-corrected chi connectivity index (χ1v) is 4.15. The molecule has 0 radical (unpaired) electrons. The highest BCUT2D eigenvalue weighted by Crippen LogP contribution is 2.22. The average Bonchev–Trinajstić information content (AvgIpc) is 2.27. The maximum atomic E-state index is 13.2. The van der Waals surface area contributed by atoms with E-state index in [1.807, 2.05) is 0 Å². The molecular weight excluding hydrogens is 206 g/mol. The molecule has 0 spiro atoms. The summed E-state index contributed by atoms with van der Waals surface area (Å²) in [5.74, 6) is -3.40. The quantitative estimate of drug-likeness (QED) is 0.616. The largest absolute Gasteiger partial charge is 0.344 e. The van der Waals surface area contributed by atoms with Crippen molar-refractivity contribution in [1.29, 1.82) is 0 Å². The number of hydrogen-bond acceptors (Lipinski definition) is 2. The summed E-state index contributed by atoms with van der Waals surface area (Å²) in [6.07, 6.45) is 0. The maximum Gasteiger partial charge on any atom is 0.313 e. The van der Waals surface area contributed by atoms with E-state index >= 15 is 0 Å². The average molecular weight is 212 g/mol. The Morgan fingerprint density at radius 1 is 1.13 bits per heavy atom. The van der Waals surface area contributed by atoms with E-state index in [4.69, 9.17) is 0 Å². The molecule has 1 heterocycles. The van der Waals surface area contributed by atoms with Crippen LogP contribution in [0.25, 0.3) is 0 Å². The highest BCUT2D eigenvalue weighted by Gasteiger charge is 2.22. The summed E-state index contributed by atoms with van der Waals surface area (Å²) in [4.78, 5) is 22.0. The fraction of sp³-hybridized carbons (Fsp3) is 0.111. The number of halogens is 2. The molecule has 1 aliphatic rings. The molecule has 0 atom stereocenters. The van der Waals surface area contributed by atoms with Crippen LogP contribution < -0.4 is 10.6 Å². The van der Waals surface area contributed by atoms with Crippen LogP contribution in [0, 0.1) is 11.6 Å². The van der Waals surface area contributed by atoms with Crippen LogP contribution in [-0.2, 0) is 16.1 Å². The van der Waals surface area contributed by atoms with Gasteiger partial charge in [0.1, 0.15) is 11.6 Å². The molecule has 0 saturated heterocycles. The van der Waals surface area contributed by atoms with E-state index in [-0.39, 0.29) is 17.8 Å². The van der Waals surface area contributed by atoms with Crippen LogP contribution in [0.1, 0.15) is 5.56 Å². The number of nitrogens with one attached hydrogen (secondary N) is 2. The first-order valence-electron chi connectivity index (χ1n) is 4.15. The van der Waals surface area contributed by atoms with E-state index in [2.05, 4.69) is 10.6 Å². The highest BCUT2D eigenvalue weighted by atomic mass is 19.1. The van der Waals surface area contributed by atoms with Crippen molar-refractivity contribution in [2.24, 2.45) is 0 Å². The van der Waals surface area contributed by atoms with Gasteiger partial charge in [-0.2, -0.15) is 0 Å². The number of rotatable bonds is 0. The third kappa shape index (κ3) is 1.65. The summed E-state index contributed by atoms with van der Waals surface area (Å²) in [6, 6.07) is 1.67. The third-order valence-electron chi connectivity index (χ3n) is 2.04. The maximum absolute atomic E-state index is 13.2. The van der Waals surface area contributed by atoms with E-state index < -0.39 is 23.4 Å². The van der Waals surface area contributed by atoms with Gasteiger partial charge in [0.05, 0.1) is 5.69 Å². The van der Waals surface area contributed by atoms with Crippen molar-refractivity contribution in [3.05, 3.63) is 29.3 Å². The van der Waals surface area contributed by atoms with Gasteiger partial charge in [0.25, 0.3) is 0 Å². The summed E-state index contributed by atoms with van der Waals surface area (Å²) in [5, 5.41) is 4.32. The van der Waals surface area contributed by atoms with Gasteiger partial charge in [-0.25, -0.2) is 8.78 Å². The molecule has 1 aliphatic heterocycles. The minimum absolute atomic E-state index is 0.0177. The van der Waals surface area contributed by atoms with Gasteiger partial charge in [-0.1, -0.05) is 0 Å². The van der Waals surface area contributed by atoms with Crippen molar-refractivity contribution in [1.82, 2.24) is 5.32 Å². The van der Waals surface area contributed by atoms with Crippen LogP contribution in [-0.4, -0.2) is 11.8 Å². The van der Waals surface area contributed by atoms with Gasteiger partial charge in [0.15, 0.2) is 0 Å². The van der Waals surface area contributed by atoms with Crippen molar-refractivity contribution in [2.45, 2.75) is 6.54 Å². The molecule has 2 amide bonds. The topological polar surface area (TPSA) is 58.2 Å². The molecule has 1 aromatic carbocycles. The molecule has 4 nitrogen and oxygen atoms in total. The molecule has 1 aromatic rings. The second kappa shape index (κ2) is 3.30. The van der Waals surface area contributed by atoms with Crippen molar-refractivity contribution in [2.75, 3.05) is 5.32 Å². The lowest BCUT2D eigenvalue weighted by atomic mass is 10.1. The fourth-order valence-corrected chi connectivity index (χ4v) is 1.32. The minimum atomic E-state index is -0.932. The minimum Gasteiger partial charge on any atom is -0.344 e. The standard InChI is InChI=1S/C9H6F2N2O2/c10-4-1-6(11)5-3-12-8(14)9(15)13-7(5)2-4/h1-2H,3H2,(H,12,14)(H,13,15). The van der Waals surface area contributed by atoms with E-state index in [1.165, 1.54) is 0 Å². The van der Waals surface area contributed by atoms with E-state index in [0.717, 1.165) is 6.07 Å². The SMILES string of the molecule is O=C1NCc2c(F)cc(F)cc2NC1=O. The van der Waals surface area contributed by atoms with Gasteiger partial charge in [-0.05, 0) is 6.07 Å². The number of amides is 2. The van der Waals surface area contributed by atoms with Gasteiger partial charge >= 0.3 is 11.8 Å². The Hall–Kier alpha value is -1.98. The molecule has 2 N–H and O–H groups in total. The second-order valence-electron chi connectivity index (χ2n) is 3.05. The molecule has 0 bridgehead atoms. The van der Waals surface area contributed by atoms with Crippen molar-refractivity contribution >= 4 is 17.5 Å². The molecule has 2 rings (SSSR count). The Kier molecular flexibility index (Phi) is 2.11. The van der Waals surface area contributed by atoms with Crippen LogP contribution in [0.4, 0.5) is 14.5 Å². The third-order valence-corrected chi connectivity index (χ3v) is 2.04. The number of fused-ring (bicyclic) bond motifs is 1. The van der Waals surface area contributed by atoms with Crippen LogP contribution in [0.2, 0.25) is 0 Å². The molecule has 0 aromatic heterocycles. The van der Waals surface area contributed by atoms with Crippen LogP contribution >= 0.6 is 0 Å². The zero-order chi connectivity index (χ0) is 11.0. The summed E-state index contributed by atoms with van der Waals surface area (Å²) in [6.45, 7) is -0.140. The van der Waals surface area contributed by atoms with Gasteiger partial charge in [0, 0.05) is 18.2 Å². The number of carbonyl (C=O) groups is 2. The Morgan fingerprint density at radius 2 is 1.87 bits per heavy atom. The lowest BCUT2D eigenvalue weighted by molar-refractivity contribution is -0.136. The molecule has 78 valence electrons. The normalized spacial score (nSPS) is 15.1. The Bertz CT molecular complexity index is 460. The highest BCUT2D eigenvalue weighted by molar-refractivity contribution is 6.40. The van der Waals surface area contributed by atoms with Crippen LogP contribution in [0.5, 0.6) is 0 Å². The zero-order valence-electron chi connectivity index (χ0n) is 7.43. The zero-order valence-corrected chi connectivity index (χ0v) is 7.43. The molecule has 15 heavy (non-hydrogen) atoms. The number of hydrogen-bond donors (Lipinski definition) is 2. The molecule has 0 saturated carbocycles. The van der Waals surface area contributed by atoms with Crippen molar-refractivity contribution in [3.8, 4) is 0 Å². The molecule has 0 unspecified atom stereocenters. The Labute approximate surface area is 83.3 Å². The van der Waals surface area contributed by atoms with Crippen LogP contribution in [0.15, 0.2) is 12.1 Å². The van der Waals surface area contributed by atoms with Crippen molar-refractivity contribution in [3.63, 3.8) is 0 Å². The first kappa shape index (κ1) is 9.57. The van der Waals surface area contributed by atoms with Crippen molar-refractivity contribution < 1.29 is 18.4 Å². The summed E-state index contributed by atoms with van der Waals surface area (Å²) < 4.78 is 26.0. The second-order valence-corrected chi connectivity index (χ2v) is 3.05. The summed E-state index contributed by atoms with van der Waals surface area (Å²) in [7, 11) is 0. The number of anilines is 1. The van der Waals surface area contributed by atoms with Gasteiger partial charge in [0.2, 0.25) is 0 Å². The molecule has 0 aliphatic carbocycles. The lowest BCUT2D eigenvalue weighted by Crippen LogP contribution is -2.31. The van der Waals surface area contributed by atoms with E-state index in [9.17, 15) is 18.4 Å². The lowest BCUT2D eigenvalue weighted by Gasteiger charge is -2.06. The Balaban J connectivity index is 2.51. The monoisotopic (exact) mass is 212 g/mol. The molecular formula is C9H6F2N2O2. The first-order chi connectivity index (χ1) is 7.08. The smallest absolute Gasteiger partial charge is 0.313 e. The Morgan fingerprint density at radius 3 is 2.60 bits per heavy atom. The molecule has 6 heteroatoms. The van der Waals surface area contributed by atoms with E-state index in [0.29, 0.717) is 6.07 Å². The predicted molar refractivity (Wildman–Crippen MR) is 46.8 cm³/mol. The summed E-state index contributed by atoms with van der Waals surface area (Å²) >= 11 is 0.